The van der Waals surface area contributed by atoms with Gasteiger partial charge in [0, 0.05) is 65.9 Å². The van der Waals surface area contributed by atoms with Gasteiger partial charge in [0.25, 0.3) is 21.6 Å². The molecule has 4 fully saturated rings. The van der Waals surface area contributed by atoms with Crippen LogP contribution in [0, 0.1) is 21.4 Å². The monoisotopic (exact) mass is 934 g/mol. The molecule has 0 unspecified atom stereocenters. The zero-order chi connectivity index (χ0) is 46.0. The number of pyridine rings is 1. The molecule has 2 aromatic heterocycles. The molecule has 1 amide bonds. The predicted octanol–water partition coefficient (Wildman–Crippen LogP) is 9.89. The number of aliphatic hydroxyl groups is 1. The molecule has 5 heterocycles. The van der Waals surface area contributed by atoms with Crippen molar-refractivity contribution in [3.63, 3.8) is 0 Å². The van der Waals surface area contributed by atoms with Crippen LogP contribution in [0.5, 0.6) is 17.2 Å². The second-order valence-corrected chi connectivity index (χ2v) is 22.8. The molecule has 5 aliphatic rings. The van der Waals surface area contributed by atoms with E-state index in [4.69, 9.17) is 9.47 Å². The Balaban J connectivity index is 0.855. The number of aromatic nitrogens is 2. The number of H-pyrrole nitrogens is 1. The summed E-state index contributed by atoms with van der Waals surface area (Å²) in [4.78, 5) is 38.3. The van der Waals surface area contributed by atoms with Crippen molar-refractivity contribution in [2.75, 3.05) is 31.1 Å². The molecule has 16 heteroatoms. The first-order valence-corrected chi connectivity index (χ1v) is 25.8. The molecule has 10 rings (SSSR count). The van der Waals surface area contributed by atoms with Gasteiger partial charge in [-0.25, -0.2) is 18.1 Å². The Morgan fingerprint density at radius 3 is 2.56 bits per heavy atom. The van der Waals surface area contributed by atoms with Crippen molar-refractivity contribution in [2.24, 2.45) is 11.3 Å². The second-order valence-electron chi connectivity index (χ2n) is 19.9. The normalized spacial score (nSPS) is 24.5. The van der Waals surface area contributed by atoms with Gasteiger partial charge in [-0.1, -0.05) is 38.1 Å². The maximum absolute atomic E-state index is 14.1. The zero-order valence-electron chi connectivity index (χ0n) is 37.7. The van der Waals surface area contributed by atoms with E-state index >= 15 is 0 Å². The van der Waals surface area contributed by atoms with Crippen LogP contribution in [-0.4, -0.2) is 82.4 Å². The third kappa shape index (κ3) is 8.77. The summed E-state index contributed by atoms with van der Waals surface area (Å²) in [6.45, 7) is 9.45. The van der Waals surface area contributed by atoms with Gasteiger partial charge in [-0.15, -0.1) is 11.8 Å². The number of nitrogens with one attached hydrogen (secondary N) is 2. The van der Waals surface area contributed by atoms with Gasteiger partial charge in [-0.2, -0.15) is 0 Å². The smallest absolute Gasteiger partial charge is 0.288 e. The Labute approximate surface area is 390 Å². The molecule has 14 nitrogen and oxygen atoms in total. The average Bonchev–Trinajstić information content (AvgIpc) is 3.98. The number of likely N-dealkylation sites (tertiary alicyclic amines) is 1. The number of hydrogen-bond donors (Lipinski definition) is 3. The Hall–Kier alpha value is -5.16. The third-order valence-electron chi connectivity index (χ3n) is 15.1. The number of thioether (sulfide) groups is 1. The first-order valence-electron chi connectivity index (χ1n) is 23.4. The molecule has 2 saturated carbocycles. The molecule has 0 radical (unpaired) electrons. The number of aromatic amines is 1. The number of nitrogens with zero attached hydrogens (tertiary/aromatic N) is 4. The van der Waals surface area contributed by atoms with E-state index < -0.39 is 37.0 Å². The first-order chi connectivity index (χ1) is 31.6. The molecule has 0 bridgehead atoms. The molecule has 1 spiro atoms. The van der Waals surface area contributed by atoms with Gasteiger partial charge in [0.1, 0.15) is 34.4 Å². The summed E-state index contributed by atoms with van der Waals surface area (Å²) in [5, 5.41) is 23.6. The van der Waals surface area contributed by atoms with Crippen molar-refractivity contribution in [1.29, 1.82) is 0 Å². The van der Waals surface area contributed by atoms with E-state index in [-0.39, 0.29) is 39.7 Å². The number of anilines is 1. The van der Waals surface area contributed by atoms with Crippen LogP contribution in [0.1, 0.15) is 118 Å². The van der Waals surface area contributed by atoms with E-state index in [2.05, 4.69) is 62.6 Å². The molecule has 66 heavy (non-hydrogen) atoms. The van der Waals surface area contributed by atoms with Crippen LogP contribution in [0.25, 0.3) is 11.0 Å². The SMILES string of the molecule is CC(C)c1ccccc1[C@H]1CCCN1C1CC2(CCN(c3ccc(C(=O)NS(=O)(=O)c4cc5c(c([N+](=O)[O-])c4)S[C@@H]([C@H]4CC[C@](C)(O)CC4)CO5)c(Oc4cnc5[nH]ccc5c4)c3)CC2)C1. The van der Waals surface area contributed by atoms with Crippen molar-refractivity contribution in [3.8, 4) is 17.2 Å². The van der Waals surface area contributed by atoms with Crippen molar-refractivity contribution in [1.82, 2.24) is 19.6 Å². The zero-order valence-corrected chi connectivity index (χ0v) is 39.3. The van der Waals surface area contributed by atoms with Crippen LogP contribution in [0.3, 0.4) is 0 Å². The van der Waals surface area contributed by atoms with Crippen LogP contribution >= 0.6 is 11.8 Å². The fourth-order valence-electron chi connectivity index (χ4n) is 11.3. The van der Waals surface area contributed by atoms with Crippen LogP contribution < -0.4 is 19.1 Å². The number of rotatable bonds is 11. The van der Waals surface area contributed by atoms with Crippen molar-refractivity contribution >= 4 is 50.1 Å². The topological polar surface area (TPSA) is 180 Å². The van der Waals surface area contributed by atoms with Gasteiger partial charge in [0.15, 0.2) is 0 Å². The molecule has 348 valence electrons. The molecule has 5 aromatic rings. The van der Waals surface area contributed by atoms with Crippen LogP contribution in [0.2, 0.25) is 0 Å². The molecule has 3 aliphatic heterocycles. The Morgan fingerprint density at radius 2 is 1.80 bits per heavy atom. The van der Waals surface area contributed by atoms with Crippen LogP contribution in [-0.2, 0) is 10.0 Å². The first kappa shape index (κ1) is 44.7. The molecular weight excluding hydrogens is 877 g/mol. The van der Waals surface area contributed by atoms with E-state index in [1.54, 1.807) is 30.6 Å². The lowest BCUT2D eigenvalue weighted by Crippen LogP contribution is -2.54. The summed E-state index contributed by atoms with van der Waals surface area (Å²) in [6, 6.07) is 21.1. The highest BCUT2D eigenvalue weighted by molar-refractivity contribution is 8.00. The summed E-state index contributed by atoms with van der Waals surface area (Å²) in [7, 11) is -4.64. The van der Waals surface area contributed by atoms with Gasteiger partial charge in [0.2, 0.25) is 0 Å². The van der Waals surface area contributed by atoms with Gasteiger partial charge < -0.3 is 24.5 Å². The number of sulfonamides is 1. The minimum Gasteiger partial charge on any atom is -0.491 e. The lowest BCUT2D eigenvalue weighted by atomic mass is 9.59. The standard InChI is InChI=1S/C50H58N6O8S2/c1-31(2)38-7-4-5-8-39(38)41-9-6-20-55(41)35-27-50(28-35)17-21-54(22-18-50)34-10-11-40(43(24-34)64-36-23-33-14-19-51-47(33)52-29-36)48(57)53-66(61,62)37-25-42(56(59)60)46-44(26-37)63-30-45(65-46)32-12-15-49(3,58)16-13-32/h4-5,7-8,10-11,14,19,23-26,29,31-32,35,41,45,58H,6,9,12-13,15-18,20-22,27-28,30H2,1-3H3,(H,51,52)(H,53,57)/t32-,41-,45-,49-/m1/s1. The van der Waals surface area contributed by atoms with Crippen molar-refractivity contribution < 1.29 is 32.7 Å². The molecule has 2 atom stereocenters. The maximum atomic E-state index is 14.1. The number of fused-ring (bicyclic) bond motifs is 2. The quantitative estimate of drug-likeness (QED) is 0.0844. The number of hydrogen-bond acceptors (Lipinski definition) is 12. The minimum atomic E-state index is -4.64. The van der Waals surface area contributed by atoms with Gasteiger partial charge >= 0.3 is 0 Å². The maximum Gasteiger partial charge on any atom is 0.288 e. The lowest BCUT2D eigenvalue weighted by molar-refractivity contribution is -0.388. The molecular formula is C50H58N6O8S2. The van der Waals surface area contributed by atoms with Gasteiger partial charge in [-0.3, -0.25) is 19.8 Å². The number of piperidine rings is 1. The number of carbonyl (C=O) groups is 1. The average molecular weight is 935 g/mol. The van der Waals surface area contributed by atoms with E-state index in [0.717, 1.165) is 62.5 Å². The number of amides is 1. The Morgan fingerprint density at radius 1 is 1.03 bits per heavy atom. The highest BCUT2D eigenvalue weighted by Gasteiger charge is 2.50. The van der Waals surface area contributed by atoms with Crippen molar-refractivity contribution in [2.45, 2.75) is 124 Å². The fourth-order valence-corrected chi connectivity index (χ4v) is 13.7. The minimum absolute atomic E-state index is 0.0282. The number of nitro benzene ring substituents is 1. The van der Waals surface area contributed by atoms with Gasteiger partial charge in [0.05, 0.1) is 27.2 Å². The second kappa shape index (κ2) is 17.5. The summed E-state index contributed by atoms with van der Waals surface area (Å²) in [5.74, 6) is 0.311. The fraction of sp³-hybridized carbons (Fsp3) is 0.480. The highest BCUT2D eigenvalue weighted by Crippen LogP contribution is 2.55. The molecule has 2 aliphatic carbocycles. The van der Waals surface area contributed by atoms with E-state index in [9.17, 15) is 28.4 Å². The predicted molar refractivity (Wildman–Crippen MR) is 254 cm³/mol. The van der Waals surface area contributed by atoms with E-state index in [1.165, 1.54) is 54.6 Å². The summed E-state index contributed by atoms with van der Waals surface area (Å²) >= 11 is 1.32. The number of nitro groups is 1. The summed E-state index contributed by atoms with van der Waals surface area (Å²) in [5.41, 5.74) is 3.61. The number of benzene rings is 3. The van der Waals surface area contributed by atoms with Crippen molar-refractivity contribution in [3.05, 3.63) is 106 Å². The molecule has 3 aromatic carbocycles. The van der Waals surface area contributed by atoms with E-state index in [0.29, 0.717) is 47.7 Å². The third-order valence-corrected chi connectivity index (χ3v) is 17.9. The van der Waals surface area contributed by atoms with Gasteiger partial charge in [-0.05, 0) is 130 Å². The number of ether oxygens (including phenoxy) is 2. The highest BCUT2D eigenvalue weighted by atomic mass is 32.2. The summed E-state index contributed by atoms with van der Waals surface area (Å²) in [6.07, 6.45) is 13.0. The number of carbonyl (C=O) groups excluding carboxylic acids is 1. The Bertz CT molecular complexity index is 2770. The van der Waals surface area contributed by atoms with E-state index in [1.807, 2.05) is 19.1 Å². The largest absolute Gasteiger partial charge is 0.491 e. The summed E-state index contributed by atoms with van der Waals surface area (Å²) < 4.78 is 42.5. The molecule has 2 saturated heterocycles. The Kier molecular flexibility index (Phi) is 11.8. The molecule has 3 N–H and O–H groups in total. The lowest BCUT2D eigenvalue weighted by Gasteiger charge is -2.56. The van der Waals surface area contributed by atoms with Crippen LogP contribution in [0.15, 0.2) is 88.9 Å². The van der Waals surface area contributed by atoms with Crippen LogP contribution in [0.4, 0.5) is 11.4 Å².